The van der Waals surface area contributed by atoms with E-state index < -0.39 is 0 Å². The molecule has 2 heterocycles. The van der Waals surface area contributed by atoms with E-state index in [1.165, 1.54) is 11.8 Å². The fourth-order valence-corrected chi connectivity index (χ4v) is 2.94. The Balaban J connectivity index is 2.05. The smallest absolute Gasteiger partial charge is 0.244 e. The van der Waals surface area contributed by atoms with E-state index in [0.29, 0.717) is 16.0 Å². The number of amides is 1. The molecule has 0 radical (unpaired) electrons. The molecule has 0 bridgehead atoms. The van der Waals surface area contributed by atoms with Gasteiger partial charge in [0.2, 0.25) is 5.91 Å². The molecule has 122 valence electrons. The number of pyridine rings is 1. The number of hydrogen-bond donors (Lipinski definition) is 2. The van der Waals surface area contributed by atoms with Gasteiger partial charge in [0.1, 0.15) is 0 Å². The van der Waals surface area contributed by atoms with Crippen molar-refractivity contribution >= 4 is 29.3 Å². The number of nitrogens with zero attached hydrogens (tertiary/aromatic N) is 4. The molecule has 0 aliphatic carbocycles. The van der Waals surface area contributed by atoms with Crippen LogP contribution in [0.25, 0.3) is 17.1 Å². The van der Waals surface area contributed by atoms with Crippen molar-refractivity contribution in [3.05, 3.63) is 53.8 Å². The Morgan fingerprint density at radius 3 is 2.54 bits per heavy atom. The molecule has 1 amide bonds. The lowest BCUT2D eigenvalue weighted by Gasteiger charge is -2.10. The summed E-state index contributed by atoms with van der Waals surface area (Å²) in [5.74, 6) is 5.61. The molecule has 0 aliphatic heterocycles. The van der Waals surface area contributed by atoms with Gasteiger partial charge in [-0.15, -0.1) is 10.2 Å². The van der Waals surface area contributed by atoms with Crippen LogP contribution in [0.1, 0.15) is 0 Å². The maximum atomic E-state index is 11.4. The highest BCUT2D eigenvalue weighted by atomic mass is 35.5. The highest BCUT2D eigenvalue weighted by Crippen LogP contribution is 2.28. The fourth-order valence-electron chi connectivity index (χ4n) is 2.05. The van der Waals surface area contributed by atoms with Crippen LogP contribution in [0.4, 0.5) is 0 Å². The van der Waals surface area contributed by atoms with Crippen molar-refractivity contribution in [3.63, 3.8) is 0 Å². The van der Waals surface area contributed by atoms with E-state index in [0.717, 1.165) is 11.3 Å². The molecule has 24 heavy (non-hydrogen) atoms. The molecular weight excluding hydrogens is 348 g/mol. The van der Waals surface area contributed by atoms with Gasteiger partial charge in [0, 0.05) is 28.7 Å². The number of carbonyl (C=O) groups is 1. The minimum atomic E-state index is -0.295. The number of hydrazine groups is 1. The second-order valence-corrected chi connectivity index (χ2v) is 6.09. The Kier molecular flexibility index (Phi) is 5.09. The molecule has 3 rings (SSSR count). The van der Waals surface area contributed by atoms with Crippen molar-refractivity contribution in [2.45, 2.75) is 5.16 Å². The number of benzene rings is 1. The fraction of sp³-hybridized carbons (Fsp3) is 0.0667. The van der Waals surface area contributed by atoms with E-state index in [2.05, 4.69) is 20.6 Å². The van der Waals surface area contributed by atoms with Gasteiger partial charge in [0.05, 0.1) is 5.75 Å². The van der Waals surface area contributed by atoms with Gasteiger partial charge in [0.25, 0.3) is 0 Å². The van der Waals surface area contributed by atoms with E-state index in [9.17, 15) is 4.79 Å². The van der Waals surface area contributed by atoms with Crippen molar-refractivity contribution in [3.8, 4) is 17.1 Å². The third-order valence-corrected chi connectivity index (χ3v) is 4.33. The van der Waals surface area contributed by atoms with Crippen molar-refractivity contribution in [2.24, 2.45) is 5.84 Å². The quantitative estimate of drug-likeness (QED) is 0.313. The first-order chi connectivity index (χ1) is 11.7. The van der Waals surface area contributed by atoms with E-state index in [4.69, 9.17) is 17.4 Å². The van der Waals surface area contributed by atoms with Gasteiger partial charge in [-0.2, -0.15) is 0 Å². The van der Waals surface area contributed by atoms with Crippen LogP contribution in [0.5, 0.6) is 0 Å². The second-order valence-electron chi connectivity index (χ2n) is 4.71. The number of rotatable bonds is 5. The van der Waals surface area contributed by atoms with Gasteiger partial charge in [0.15, 0.2) is 11.0 Å². The number of aromatic nitrogens is 4. The van der Waals surface area contributed by atoms with Crippen molar-refractivity contribution < 1.29 is 4.79 Å². The lowest BCUT2D eigenvalue weighted by atomic mass is 10.2. The Hall–Kier alpha value is -2.42. The van der Waals surface area contributed by atoms with Crippen LogP contribution in [-0.2, 0) is 4.79 Å². The lowest BCUT2D eigenvalue weighted by molar-refractivity contribution is -0.118. The standard InChI is InChI=1S/C15H13ClN6OS/c16-11-1-3-12(4-2-11)22-14(10-5-7-18-8-6-10)20-21-15(22)24-9-13(23)19-17/h1-8H,9,17H2,(H,19,23). The number of hydrogen-bond acceptors (Lipinski definition) is 6. The van der Waals surface area contributed by atoms with Crippen LogP contribution in [0.3, 0.4) is 0 Å². The average Bonchev–Trinajstić information content (AvgIpc) is 3.05. The van der Waals surface area contributed by atoms with Gasteiger partial charge in [-0.1, -0.05) is 23.4 Å². The number of nitrogens with one attached hydrogen (secondary N) is 1. The van der Waals surface area contributed by atoms with Crippen LogP contribution in [0.2, 0.25) is 5.02 Å². The Morgan fingerprint density at radius 1 is 1.17 bits per heavy atom. The third kappa shape index (κ3) is 3.56. The van der Waals surface area contributed by atoms with Gasteiger partial charge in [-0.05, 0) is 36.4 Å². The predicted molar refractivity (Wildman–Crippen MR) is 92.7 cm³/mol. The summed E-state index contributed by atoms with van der Waals surface area (Å²) in [5.41, 5.74) is 3.80. The molecule has 0 saturated heterocycles. The van der Waals surface area contributed by atoms with Crippen LogP contribution in [-0.4, -0.2) is 31.4 Å². The maximum absolute atomic E-state index is 11.4. The lowest BCUT2D eigenvalue weighted by Crippen LogP contribution is -2.31. The van der Waals surface area contributed by atoms with Gasteiger partial charge >= 0.3 is 0 Å². The van der Waals surface area contributed by atoms with Crippen LogP contribution in [0, 0.1) is 0 Å². The first-order valence-electron chi connectivity index (χ1n) is 6.93. The number of thioether (sulfide) groups is 1. The zero-order valence-corrected chi connectivity index (χ0v) is 14.0. The summed E-state index contributed by atoms with van der Waals surface area (Å²) in [6.07, 6.45) is 3.37. The van der Waals surface area contributed by atoms with E-state index in [1.54, 1.807) is 24.5 Å². The van der Waals surface area contributed by atoms with Crippen molar-refractivity contribution in [2.75, 3.05) is 5.75 Å². The zero-order chi connectivity index (χ0) is 16.9. The molecule has 1 aromatic carbocycles. The molecule has 0 aliphatic rings. The third-order valence-electron chi connectivity index (χ3n) is 3.15. The molecular formula is C15H13ClN6OS. The van der Waals surface area contributed by atoms with Crippen LogP contribution in [0.15, 0.2) is 53.9 Å². The molecule has 9 heteroatoms. The van der Waals surface area contributed by atoms with Crippen molar-refractivity contribution in [1.29, 1.82) is 0 Å². The molecule has 7 nitrogen and oxygen atoms in total. The minimum Gasteiger partial charge on any atom is -0.294 e. The Labute approximate surface area is 147 Å². The molecule has 3 aromatic rings. The summed E-state index contributed by atoms with van der Waals surface area (Å²) in [5, 5.41) is 9.67. The Morgan fingerprint density at radius 2 is 1.88 bits per heavy atom. The predicted octanol–water partition coefficient (Wildman–Crippen LogP) is 2.06. The zero-order valence-electron chi connectivity index (χ0n) is 12.4. The SMILES string of the molecule is NNC(=O)CSc1nnc(-c2ccncc2)n1-c1ccc(Cl)cc1. The van der Waals surface area contributed by atoms with Gasteiger partial charge < -0.3 is 0 Å². The summed E-state index contributed by atoms with van der Waals surface area (Å²) in [4.78, 5) is 15.4. The molecule has 0 unspecified atom stereocenters. The average molecular weight is 361 g/mol. The summed E-state index contributed by atoms with van der Waals surface area (Å²) in [6, 6.07) is 11.0. The number of nitrogens with two attached hydrogens (primary N) is 1. The molecule has 0 fully saturated rings. The molecule has 0 spiro atoms. The van der Waals surface area contributed by atoms with Crippen LogP contribution >= 0.6 is 23.4 Å². The highest BCUT2D eigenvalue weighted by Gasteiger charge is 2.17. The maximum Gasteiger partial charge on any atom is 0.244 e. The summed E-state index contributed by atoms with van der Waals surface area (Å²) in [6.45, 7) is 0. The summed E-state index contributed by atoms with van der Waals surface area (Å²) in [7, 11) is 0. The summed E-state index contributed by atoms with van der Waals surface area (Å²) >= 11 is 7.21. The molecule has 0 saturated carbocycles. The van der Waals surface area contributed by atoms with E-state index in [1.807, 2.05) is 28.8 Å². The first-order valence-corrected chi connectivity index (χ1v) is 8.29. The Bertz CT molecular complexity index is 837. The highest BCUT2D eigenvalue weighted by molar-refractivity contribution is 7.99. The monoisotopic (exact) mass is 360 g/mol. The van der Waals surface area contributed by atoms with Gasteiger partial charge in [-0.25, -0.2) is 5.84 Å². The topological polar surface area (TPSA) is 98.7 Å². The van der Waals surface area contributed by atoms with Gasteiger partial charge in [-0.3, -0.25) is 19.8 Å². The minimum absolute atomic E-state index is 0.137. The van der Waals surface area contributed by atoms with Crippen molar-refractivity contribution in [1.82, 2.24) is 25.2 Å². The first kappa shape index (κ1) is 16.4. The summed E-state index contributed by atoms with van der Waals surface area (Å²) < 4.78 is 1.86. The molecule has 3 N–H and O–H groups in total. The largest absolute Gasteiger partial charge is 0.294 e. The normalized spacial score (nSPS) is 10.6. The van der Waals surface area contributed by atoms with Crippen LogP contribution < -0.4 is 11.3 Å². The van der Waals surface area contributed by atoms with E-state index >= 15 is 0 Å². The number of halogens is 1. The number of carbonyl (C=O) groups excluding carboxylic acids is 1. The molecule has 2 aromatic heterocycles. The molecule has 0 atom stereocenters. The second kappa shape index (κ2) is 7.43. The van der Waals surface area contributed by atoms with E-state index in [-0.39, 0.29) is 11.7 Å².